The molecular formula is C32H39FN2O3. The van der Waals surface area contributed by atoms with Crippen molar-refractivity contribution in [2.75, 3.05) is 13.2 Å². The van der Waals surface area contributed by atoms with Gasteiger partial charge in [-0.05, 0) is 52.3 Å². The highest BCUT2D eigenvalue weighted by Gasteiger charge is 2.30. The molecule has 202 valence electrons. The van der Waals surface area contributed by atoms with Gasteiger partial charge in [0.25, 0.3) is 5.91 Å². The third-order valence-corrected chi connectivity index (χ3v) is 6.30. The van der Waals surface area contributed by atoms with Gasteiger partial charge in [-0.15, -0.1) is 0 Å². The van der Waals surface area contributed by atoms with Crippen LogP contribution >= 0.6 is 0 Å². The molecule has 3 rings (SSSR count). The number of hydrogen-bond acceptors (Lipinski definition) is 3. The number of nitrogens with zero attached hydrogens (tertiary/aromatic N) is 1. The lowest BCUT2D eigenvalue weighted by Crippen LogP contribution is -2.52. The second-order valence-electron chi connectivity index (χ2n) is 11.1. The van der Waals surface area contributed by atoms with E-state index in [0.717, 1.165) is 11.1 Å². The number of benzene rings is 3. The lowest BCUT2D eigenvalue weighted by molar-refractivity contribution is -0.142. The number of ether oxygens (including phenoxy) is 1. The van der Waals surface area contributed by atoms with Gasteiger partial charge in [0, 0.05) is 19.5 Å². The highest BCUT2D eigenvalue weighted by molar-refractivity contribution is 5.88. The highest BCUT2D eigenvalue weighted by Crippen LogP contribution is 2.24. The molecule has 1 atom stereocenters. The predicted octanol–water partition coefficient (Wildman–Crippen LogP) is 5.91. The zero-order valence-corrected chi connectivity index (χ0v) is 23.0. The van der Waals surface area contributed by atoms with Gasteiger partial charge in [-0.25, -0.2) is 4.39 Å². The molecule has 1 N–H and O–H groups in total. The van der Waals surface area contributed by atoms with E-state index in [2.05, 4.69) is 26.1 Å². The topological polar surface area (TPSA) is 58.6 Å². The average Bonchev–Trinajstić information content (AvgIpc) is 2.89. The van der Waals surface area contributed by atoms with Gasteiger partial charge in [-0.2, -0.15) is 0 Å². The standard InChI is InChI=1S/C32H39FN2O3/c1-23(2)20-34-31(37)29(19-24-9-7-6-8-10-24)35(21-25-11-15-27(33)16-12-25)30(36)22-38-28-17-13-26(14-18-28)32(3,4)5/h6-18,23,29H,19-22H2,1-5H3,(H,34,37)/t29-/m0/s1. The first-order chi connectivity index (χ1) is 18.0. The van der Waals surface area contributed by atoms with Crippen molar-refractivity contribution < 1.29 is 18.7 Å². The molecule has 0 aliphatic carbocycles. The van der Waals surface area contributed by atoms with Crippen molar-refractivity contribution >= 4 is 11.8 Å². The van der Waals surface area contributed by atoms with Crippen LogP contribution in [0.5, 0.6) is 5.75 Å². The third-order valence-electron chi connectivity index (χ3n) is 6.30. The Bertz CT molecular complexity index is 1170. The summed E-state index contributed by atoms with van der Waals surface area (Å²) in [5.74, 6) is -0.0690. The van der Waals surface area contributed by atoms with Crippen LogP contribution in [0.15, 0.2) is 78.9 Å². The first-order valence-electron chi connectivity index (χ1n) is 13.1. The van der Waals surface area contributed by atoms with Gasteiger partial charge >= 0.3 is 0 Å². The lowest BCUT2D eigenvalue weighted by atomic mass is 9.87. The molecule has 2 amide bonds. The highest BCUT2D eigenvalue weighted by atomic mass is 19.1. The fourth-order valence-electron chi connectivity index (χ4n) is 4.04. The smallest absolute Gasteiger partial charge is 0.261 e. The minimum Gasteiger partial charge on any atom is -0.484 e. The van der Waals surface area contributed by atoms with Crippen LogP contribution in [-0.4, -0.2) is 35.9 Å². The molecule has 38 heavy (non-hydrogen) atoms. The fraction of sp³-hybridized carbons (Fsp3) is 0.375. The van der Waals surface area contributed by atoms with Crippen LogP contribution in [0.3, 0.4) is 0 Å². The van der Waals surface area contributed by atoms with E-state index >= 15 is 0 Å². The zero-order chi connectivity index (χ0) is 27.7. The number of carbonyl (C=O) groups is 2. The van der Waals surface area contributed by atoms with Crippen LogP contribution in [0.2, 0.25) is 0 Å². The van der Waals surface area contributed by atoms with E-state index in [9.17, 15) is 14.0 Å². The number of nitrogens with one attached hydrogen (secondary N) is 1. The molecule has 0 saturated carbocycles. The monoisotopic (exact) mass is 518 g/mol. The molecule has 0 heterocycles. The fourth-order valence-corrected chi connectivity index (χ4v) is 4.04. The van der Waals surface area contributed by atoms with Crippen molar-refractivity contribution in [3.63, 3.8) is 0 Å². The molecule has 0 aliphatic heterocycles. The van der Waals surface area contributed by atoms with Crippen molar-refractivity contribution in [2.45, 2.75) is 59.0 Å². The van der Waals surface area contributed by atoms with Crippen LogP contribution in [0.25, 0.3) is 0 Å². The summed E-state index contributed by atoms with van der Waals surface area (Å²) in [7, 11) is 0. The first-order valence-corrected chi connectivity index (χ1v) is 13.1. The van der Waals surface area contributed by atoms with Crippen LogP contribution in [0.1, 0.15) is 51.3 Å². The number of halogens is 1. The molecule has 3 aromatic carbocycles. The maximum atomic E-state index is 13.6. The maximum Gasteiger partial charge on any atom is 0.261 e. The summed E-state index contributed by atoms with van der Waals surface area (Å²) in [6.45, 7) is 10.9. The molecule has 6 heteroatoms. The van der Waals surface area contributed by atoms with E-state index in [0.29, 0.717) is 18.7 Å². The van der Waals surface area contributed by atoms with Crippen LogP contribution in [-0.2, 0) is 28.0 Å². The van der Waals surface area contributed by atoms with Crippen molar-refractivity contribution in [1.82, 2.24) is 10.2 Å². The zero-order valence-electron chi connectivity index (χ0n) is 23.0. The molecule has 3 aromatic rings. The minimum absolute atomic E-state index is 0.00825. The quantitative estimate of drug-likeness (QED) is 0.343. The molecule has 0 aliphatic rings. The SMILES string of the molecule is CC(C)CNC(=O)[C@H](Cc1ccccc1)N(Cc1ccc(F)cc1)C(=O)COc1ccc(C(C)(C)C)cc1. The van der Waals surface area contributed by atoms with Gasteiger partial charge in [-0.1, -0.05) is 89.2 Å². The Morgan fingerprint density at radius 1 is 0.895 bits per heavy atom. The Hall–Kier alpha value is -3.67. The van der Waals surface area contributed by atoms with Crippen LogP contribution in [0, 0.1) is 11.7 Å². The average molecular weight is 519 g/mol. The van der Waals surface area contributed by atoms with Crippen LogP contribution < -0.4 is 10.1 Å². The molecular weight excluding hydrogens is 479 g/mol. The molecule has 0 unspecified atom stereocenters. The number of amides is 2. The Morgan fingerprint density at radius 2 is 1.53 bits per heavy atom. The van der Waals surface area contributed by atoms with Crippen molar-refractivity contribution in [3.8, 4) is 5.75 Å². The summed E-state index contributed by atoms with van der Waals surface area (Å²) >= 11 is 0. The molecule has 0 radical (unpaired) electrons. The van der Waals surface area contributed by atoms with Gasteiger partial charge < -0.3 is 15.0 Å². The van der Waals surface area contributed by atoms with E-state index in [4.69, 9.17) is 4.74 Å². The summed E-state index contributed by atoms with van der Waals surface area (Å²) in [6.07, 6.45) is 0.345. The predicted molar refractivity (Wildman–Crippen MR) is 149 cm³/mol. The molecule has 5 nitrogen and oxygen atoms in total. The summed E-state index contributed by atoms with van der Waals surface area (Å²) < 4.78 is 19.4. The van der Waals surface area contributed by atoms with Crippen molar-refractivity contribution in [1.29, 1.82) is 0 Å². The number of hydrogen-bond donors (Lipinski definition) is 1. The number of carbonyl (C=O) groups excluding carboxylic acids is 2. The Kier molecular flexibility index (Phi) is 10.1. The summed E-state index contributed by atoms with van der Waals surface area (Å²) in [5.41, 5.74) is 2.84. The van der Waals surface area contributed by atoms with Gasteiger partial charge in [0.15, 0.2) is 6.61 Å². The van der Waals surface area contributed by atoms with Crippen molar-refractivity contribution in [2.24, 2.45) is 5.92 Å². The van der Waals surface area contributed by atoms with E-state index < -0.39 is 6.04 Å². The Balaban J connectivity index is 1.87. The van der Waals surface area contributed by atoms with Gasteiger partial charge in [-0.3, -0.25) is 9.59 Å². The second-order valence-corrected chi connectivity index (χ2v) is 11.1. The summed E-state index contributed by atoms with van der Waals surface area (Å²) in [6, 6.07) is 22.5. The minimum atomic E-state index is -0.763. The Labute approximate surface area is 226 Å². The molecule has 0 spiro atoms. The van der Waals surface area contributed by atoms with Gasteiger partial charge in [0.1, 0.15) is 17.6 Å². The molecule has 0 bridgehead atoms. The normalized spacial score (nSPS) is 12.2. The third kappa shape index (κ3) is 8.72. The summed E-state index contributed by atoms with van der Waals surface area (Å²) in [4.78, 5) is 28.6. The second kappa shape index (κ2) is 13.2. The Morgan fingerprint density at radius 3 is 2.11 bits per heavy atom. The molecule has 0 aromatic heterocycles. The summed E-state index contributed by atoms with van der Waals surface area (Å²) in [5, 5.41) is 2.99. The van der Waals surface area contributed by atoms with Gasteiger partial charge in [0.05, 0.1) is 0 Å². The van der Waals surface area contributed by atoms with Gasteiger partial charge in [0.2, 0.25) is 5.91 Å². The van der Waals surface area contributed by atoms with Crippen LogP contribution in [0.4, 0.5) is 4.39 Å². The number of rotatable bonds is 11. The van der Waals surface area contributed by atoms with E-state index in [1.807, 2.05) is 68.4 Å². The maximum absolute atomic E-state index is 13.6. The first kappa shape index (κ1) is 28.9. The largest absolute Gasteiger partial charge is 0.484 e. The van der Waals surface area contributed by atoms with Crippen molar-refractivity contribution in [3.05, 3.63) is 101 Å². The van der Waals surface area contributed by atoms with E-state index in [-0.39, 0.29) is 42.1 Å². The lowest BCUT2D eigenvalue weighted by Gasteiger charge is -2.31. The molecule has 0 fully saturated rings. The van der Waals surface area contributed by atoms with E-state index in [1.54, 1.807) is 17.0 Å². The molecule has 0 saturated heterocycles. The van der Waals surface area contributed by atoms with E-state index in [1.165, 1.54) is 17.7 Å².